The van der Waals surface area contributed by atoms with Gasteiger partial charge >= 0.3 is 0 Å². The zero-order chi connectivity index (χ0) is 12.1. The molecule has 88 valence electrons. The quantitative estimate of drug-likeness (QED) is 0.675. The van der Waals surface area contributed by atoms with Crippen LogP contribution in [0, 0.1) is 11.8 Å². The van der Waals surface area contributed by atoms with Gasteiger partial charge in [0, 0.05) is 17.7 Å². The molecule has 2 rings (SSSR count). The lowest BCUT2D eigenvalue weighted by Crippen LogP contribution is -1.88. The van der Waals surface area contributed by atoms with Crippen molar-refractivity contribution in [2.45, 2.75) is 10.9 Å². The third-order valence-corrected chi connectivity index (χ3v) is 4.23. The van der Waals surface area contributed by atoms with E-state index in [1.54, 1.807) is 29.4 Å². The van der Waals surface area contributed by atoms with Crippen LogP contribution in [0.1, 0.15) is 9.75 Å². The Morgan fingerprint density at radius 3 is 3.12 bits per heavy atom. The van der Waals surface area contributed by atoms with Gasteiger partial charge in [-0.1, -0.05) is 23.6 Å². The number of aliphatic hydroxyl groups is 1. The zero-order valence-corrected chi connectivity index (χ0v) is 10.9. The molecule has 0 aliphatic rings. The van der Waals surface area contributed by atoms with Crippen LogP contribution < -0.4 is 0 Å². The van der Waals surface area contributed by atoms with Crippen molar-refractivity contribution in [1.82, 2.24) is 14.8 Å². The second-order valence-electron chi connectivity index (χ2n) is 3.24. The molecule has 0 saturated carbocycles. The van der Waals surface area contributed by atoms with E-state index in [-0.39, 0.29) is 6.61 Å². The molecule has 6 heteroatoms. The molecule has 0 radical (unpaired) electrons. The molecule has 0 unspecified atom stereocenters. The maximum atomic E-state index is 8.60. The highest BCUT2D eigenvalue weighted by Crippen LogP contribution is 2.24. The van der Waals surface area contributed by atoms with E-state index in [1.165, 1.54) is 4.88 Å². The number of rotatable bonds is 3. The largest absolute Gasteiger partial charge is 0.384 e. The molecule has 1 N–H and O–H groups in total. The van der Waals surface area contributed by atoms with Crippen molar-refractivity contribution in [3.8, 4) is 11.8 Å². The van der Waals surface area contributed by atoms with Gasteiger partial charge in [-0.3, -0.25) is 0 Å². The molecule has 0 aliphatic heterocycles. The topological polar surface area (TPSA) is 50.9 Å². The summed E-state index contributed by atoms with van der Waals surface area (Å²) in [6, 6.07) is 4.02. The number of thiophene rings is 1. The molecule has 17 heavy (non-hydrogen) atoms. The number of nitrogens with zero attached hydrogens (tertiary/aromatic N) is 3. The predicted molar refractivity (Wildman–Crippen MR) is 68.8 cm³/mol. The van der Waals surface area contributed by atoms with Crippen molar-refractivity contribution in [2.75, 3.05) is 6.61 Å². The first-order valence-corrected chi connectivity index (χ1v) is 6.75. The van der Waals surface area contributed by atoms with Crippen LogP contribution in [0.15, 0.2) is 23.6 Å². The Morgan fingerprint density at radius 2 is 2.41 bits per heavy atom. The highest BCUT2D eigenvalue weighted by molar-refractivity contribution is 7.98. The molecule has 2 aromatic heterocycles. The van der Waals surface area contributed by atoms with Crippen LogP contribution in [0.2, 0.25) is 0 Å². The summed E-state index contributed by atoms with van der Waals surface area (Å²) in [6.45, 7) is -0.0963. The summed E-state index contributed by atoms with van der Waals surface area (Å²) in [7, 11) is 1.93. The molecule has 0 atom stereocenters. The van der Waals surface area contributed by atoms with E-state index in [1.807, 2.05) is 17.7 Å². The molecule has 0 bridgehead atoms. The zero-order valence-electron chi connectivity index (χ0n) is 9.25. The van der Waals surface area contributed by atoms with E-state index in [4.69, 9.17) is 5.11 Å². The first-order chi connectivity index (χ1) is 8.29. The van der Waals surface area contributed by atoms with Crippen LogP contribution >= 0.6 is 23.1 Å². The van der Waals surface area contributed by atoms with E-state index in [0.29, 0.717) is 0 Å². The highest BCUT2D eigenvalue weighted by atomic mass is 32.2. The molecule has 0 saturated heterocycles. The fourth-order valence-corrected chi connectivity index (χ4v) is 3.00. The number of thioether (sulfide) groups is 1. The lowest BCUT2D eigenvalue weighted by molar-refractivity contribution is 0.350. The number of hydrogen-bond donors (Lipinski definition) is 1. The number of aryl methyl sites for hydroxylation is 1. The fraction of sp³-hybridized carbons (Fsp3) is 0.273. The van der Waals surface area contributed by atoms with Gasteiger partial charge in [-0.25, -0.2) is 0 Å². The van der Waals surface area contributed by atoms with Crippen LogP contribution in [0.4, 0.5) is 0 Å². The Labute approximate surface area is 108 Å². The summed E-state index contributed by atoms with van der Waals surface area (Å²) < 4.78 is 1.89. The summed E-state index contributed by atoms with van der Waals surface area (Å²) in [5.41, 5.74) is 0. The molecule has 0 fully saturated rings. The molecule has 4 nitrogen and oxygen atoms in total. The Hall–Kier alpha value is -1.29. The minimum absolute atomic E-state index is 0.0963. The van der Waals surface area contributed by atoms with Crippen molar-refractivity contribution >= 4 is 23.1 Å². The SMILES string of the molecule is Cn1cnnc1SCc1ccc(C#CCO)s1. The standard InChI is InChI=1S/C11H11N3OS2/c1-14-8-12-13-11(14)16-7-10-5-4-9(17-10)3-2-6-15/h4-5,8,15H,6-7H2,1H3. The van der Waals surface area contributed by atoms with E-state index < -0.39 is 0 Å². The number of aromatic nitrogens is 3. The minimum Gasteiger partial charge on any atom is -0.384 e. The second-order valence-corrected chi connectivity index (χ2v) is 5.35. The van der Waals surface area contributed by atoms with E-state index in [2.05, 4.69) is 28.1 Å². The predicted octanol–water partition coefficient (Wildman–Crippen LogP) is 1.51. The molecule has 0 amide bonds. The maximum Gasteiger partial charge on any atom is 0.191 e. The van der Waals surface area contributed by atoms with E-state index in [9.17, 15) is 0 Å². The van der Waals surface area contributed by atoms with Gasteiger partial charge in [-0.15, -0.1) is 21.5 Å². The molecule has 0 spiro atoms. The van der Waals surface area contributed by atoms with Gasteiger partial charge in [0.05, 0.1) is 4.88 Å². The van der Waals surface area contributed by atoms with Gasteiger partial charge in [0.25, 0.3) is 0 Å². The van der Waals surface area contributed by atoms with E-state index in [0.717, 1.165) is 15.8 Å². The first-order valence-electron chi connectivity index (χ1n) is 4.95. The van der Waals surface area contributed by atoms with Crippen molar-refractivity contribution in [2.24, 2.45) is 7.05 Å². The summed E-state index contributed by atoms with van der Waals surface area (Å²) >= 11 is 3.28. The number of hydrogen-bond acceptors (Lipinski definition) is 5. The lowest BCUT2D eigenvalue weighted by Gasteiger charge is -1.97. The maximum absolute atomic E-state index is 8.60. The Kier molecular flexibility index (Phi) is 4.20. The molecule has 2 heterocycles. The second kappa shape index (κ2) is 5.87. The molecular weight excluding hydrogens is 254 g/mol. The van der Waals surface area contributed by atoms with Crippen LogP contribution in [0.5, 0.6) is 0 Å². The van der Waals surface area contributed by atoms with Gasteiger partial charge in [0.15, 0.2) is 5.16 Å². The summed E-state index contributed by atoms with van der Waals surface area (Å²) in [5, 5.41) is 17.3. The molecular formula is C11H11N3OS2. The first kappa shape index (κ1) is 12.2. The summed E-state index contributed by atoms with van der Waals surface area (Å²) in [5.74, 6) is 6.39. The van der Waals surface area contributed by atoms with Crippen LogP contribution in [0.3, 0.4) is 0 Å². The third-order valence-electron chi connectivity index (χ3n) is 1.97. The normalized spacial score (nSPS) is 10.0. The average molecular weight is 265 g/mol. The fourth-order valence-electron chi connectivity index (χ4n) is 1.19. The van der Waals surface area contributed by atoms with Crippen molar-refractivity contribution < 1.29 is 5.11 Å². The van der Waals surface area contributed by atoms with Gasteiger partial charge in [-0.05, 0) is 12.1 Å². The molecule has 2 aromatic rings. The minimum atomic E-state index is -0.0963. The lowest BCUT2D eigenvalue weighted by atomic mass is 10.4. The van der Waals surface area contributed by atoms with Crippen molar-refractivity contribution in [1.29, 1.82) is 0 Å². The van der Waals surface area contributed by atoms with Crippen molar-refractivity contribution in [3.05, 3.63) is 28.2 Å². The Bertz CT molecular complexity index is 550. The highest BCUT2D eigenvalue weighted by Gasteiger charge is 2.03. The third kappa shape index (κ3) is 3.33. The van der Waals surface area contributed by atoms with Gasteiger partial charge < -0.3 is 9.67 Å². The van der Waals surface area contributed by atoms with Crippen LogP contribution in [-0.2, 0) is 12.8 Å². The smallest absolute Gasteiger partial charge is 0.191 e. The van der Waals surface area contributed by atoms with Crippen LogP contribution in [-0.4, -0.2) is 26.5 Å². The van der Waals surface area contributed by atoms with Gasteiger partial charge in [0.1, 0.15) is 12.9 Å². The van der Waals surface area contributed by atoms with Crippen LogP contribution in [0.25, 0.3) is 0 Å². The Balaban J connectivity index is 1.96. The number of aliphatic hydroxyl groups excluding tert-OH is 1. The van der Waals surface area contributed by atoms with Crippen molar-refractivity contribution in [3.63, 3.8) is 0 Å². The molecule has 0 aromatic carbocycles. The van der Waals surface area contributed by atoms with Gasteiger partial charge in [-0.2, -0.15) is 0 Å². The molecule has 0 aliphatic carbocycles. The summed E-state index contributed by atoms with van der Waals surface area (Å²) in [6.07, 6.45) is 1.69. The van der Waals surface area contributed by atoms with Gasteiger partial charge in [0.2, 0.25) is 0 Å². The summed E-state index contributed by atoms with van der Waals surface area (Å²) in [4.78, 5) is 2.22. The monoisotopic (exact) mass is 265 g/mol. The average Bonchev–Trinajstić information content (AvgIpc) is 2.93. The Morgan fingerprint density at radius 1 is 1.53 bits per heavy atom. The van der Waals surface area contributed by atoms with E-state index >= 15 is 0 Å².